The second-order valence-corrected chi connectivity index (χ2v) is 8.25. The summed E-state index contributed by atoms with van der Waals surface area (Å²) in [4.78, 5) is 24.3. The third-order valence-corrected chi connectivity index (χ3v) is 6.07. The Morgan fingerprint density at radius 2 is 1.97 bits per heavy atom. The first-order chi connectivity index (χ1) is 14.5. The lowest BCUT2D eigenvalue weighted by Gasteiger charge is -2.20. The topological polar surface area (TPSA) is 55.3 Å². The van der Waals surface area contributed by atoms with Crippen LogP contribution in [0.25, 0.3) is 10.2 Å². The average molecular weight is 418 g/mol. The summed E-state index contributed by atoms with van der Waals surface area (Å²) in [5.41, 5.74) is 4.94. The summed E-state index contributed by atoms with van der Waals surface area (Å²) in [6.45, 7) is 4.45. The molecule has 0 radical (unpaired) electrons. The number of ether oxygens (including phenoxy) is 1. The Balaban J connectivity index is 1.70. The van der Waals surface area contributed by atoms with Gasteiger partial charge in [-0.2, -0.15) is 0 Å². The molecule has 0 saturated carbocycles. The van der Waals surface area contributed by atoms with Crippen LogP contribution in [0.3, 0.4) is 0 Å². The molecule has 0 bridgehead atoms. The minimum atomic E-state index is 0.000346. The van der Waals surface area contributed by atoms with Crippen molar-refractivity contribution in [2.45, 2.75) is 26.8 Å². The standard InChI is InChI=1S/C24H23N3O2S/c1-16-7-8-17(2)18(12-16)13-23(28)27(15-19-6-4-5-11-25-19)24-26-21-14-20(29-3)9-10-22(21)30-24/h4-12,14H,13,15H2,1-3H3. The molecular weight excluding hydrogens is 394 g/mol. The second kappa shape index (κ2) is 8.63. The van der Waals surface area contributed by atoms with Crippen LogP contribution in [0.4, 0.5) is 5.13 Å². The number of pyridine rings is 1. The molecule has 0 aliphatic rings. The van der Waals surface area contributed by atoms with Crippen molar-refractivity contribution >= 4 is 32.6 Å². The van der Waals surface area contributed by atoms with Gasteiger partial charge in [-0.1, -0.05) is 41.2 Å². The average Bonchev–Trinajstić information content (AvgIpc) is 3.18. The molecule has 4 rings (SSSR count). The quantitative estimate of drug-likeness (QED) is 0.438. The molecule has 1 amide bonds. The molecule has 0 N–H and O–H groups in total. The Morgan fingerprint density at radius 3 is 2.73 bits per heavy atom. The van der Waals surface area contributed by atoms with Crippen LogP contribution in [-0.4, -0.2) is 23.0 Å². The molecule has 4 aromatic rings. The first-order valence-electron chi connectivity index (χ1n) is 9.74. The van der Waals surface area contributed by atoms with Crippen molar-refractivity contribution in [2.24, 2.45) is 0 Å². The lowest BCUT2D eigenvalue weighted by atomic mass is 10.0. The number of carbonyl (C=O) groups is 1. The van der Waals surface area contributed by atoms with Gasteiger partial charge in [-0.25, -0.2) is 4.98 Å². The zero-order valence-corrected chi connectivity index (χ0v) is 18.1. The smallest absolute Gasteiger partial charge is 0.233 e. The van der Waals surface area contributed by atoms with E-state index >= 15 is 0 Å². The molecule has 0 fully saturated rings. The van der Waals surface area contributed by atoms with E-state index in [0.29, 0.717) is 18.1 Å². The third-order valence-electron chi connectivity index (χ3n) is 5.01. The van der Waals surface area contributed by atoms with Gasteiger partial charge in [0.2, 0.25) is 5.91 Å². The fourth-order valence-electron chi connectivity index (χ4n) is 3.30. The molecule has 0 saturated heterocycles. The highest BCUT2D eigenvalue weighted by Crippen LogP contribution is 2.32. The fourth-order valence-corrected chi connectivity index (χ4v) is 4.27. The van der Waals surface area contributed by atoms with Gasteiger partial charge in [0.15, 0.2) is 5.13 Å². The first-order valence-corrected chi connectivity index (χ1v) is 10.6. The number of amides is 1. The third kappa shape index (κ3) is 4.33. The Hall–Kier alpha value is -3.25. The van der Waals surface area contributed by atoms with Crippen molar-refractivity contribution in [1.82, 2.24) is 9.97 Å². The van der Waals surface area contributed by atoms with Gasteiger partial charge in [0.1, 0.15) is 5.75 Å². The Morgan fingerprint density at radius 1 is 1.10 bits per heavy atom. The summed E-state index contributed by atoms with van der Waals surface area (Å²) >= 11 is 1.50. The van der Waals surface area contributed by atoms with Crippen molar-refractivity contribution in [3.8, 4) is 5.75 Å². The molecular formula is C24H23N3O2S. The predicted octanol–water partition coefficient (Wildman–Crippen LogP) is 5.09. The minimum absolute atomic E-state index is 0.000346. The highest BCUT2D eigenvalue weighted by molar-refractivity contribution is 7.22. The van der Waals surface area contributed by atoms with Crippen molar-refractivity contribution in [1.29, 1.82) is 0 Å². The van der Waals surface area contributed by atoms with Crippen molar-refractivity contribution in [3.63, 3.8) is 0 Å². The molecule has 0 atom stereocenters. The largest absolute Gasteiger partial charge is 0.497 e. The monoisotopic (exact) mass is 417 g/mol. The number of rotatable bonds is 6. The van der Waals surface area contributed by atoms with E-state index < -0.39 is 0 Å². The van der Waals surface area contributed by atoms with Gasteiger partial charge in [0.05, 0.1) is 36.0 Å². The number of hydrogen-bond donors (Lipinski definition) is 0. The number of benzene rings is 2. The van der Waals surface area contributed by atoms with E-state index in [1.165, 1.54) is 11.3 Å². The van der Waals surface area contributed by atoms with Gasteiger partial charge < -0.3 is 4.74 Å². The second-order valence-electron chi connectivity index (χ2n) is 7.24. The summed E-state index contributed by atoms with van der Waals surface area (Å²) in [5.74, 6) is 0.748. The van der Waals surface area contributed by atoms with Crippen LogP contribution < -0.4 is 9.64 Å². The zero-order chi connectivity index (χ0) is 21.1. The summed E-state index contributed by atoms with van der Waals surface area (Å²) < 4.78 is 6.32. The highest BCUT2D eigenvalue weighted by Gasteiger charge is 2.22. The van der Waals surface area contributed by atoms with Crippen LogP contribution in [-0.2, 0) is 17.8 Å². The summed E-state index contributed by atoms with van der Waals surface area (Å²) in [7, 11) is 1.63. The normalized spacial score (nSPS) is 10.9. The number of aryl methyl sites for hydroxylation is 2. The summed E-state index contributed by atoms with van der Waals surface area (Å²) in [6.07, 6.45) is 2.06. The number of anilines is 1. The lowest BCUT2D eigenvalue weighted by Crippen LogP contribution is -2.32. The van der Waals surface area contributed by atoms with Crippen LogP contribution in [0.15, 0.2) is 60.8 Å². The van der Waals surface area contributed by atoms with Crippen LogP contribution in [0.1, 0.15) is 22.4 Å². The molecule has 30 heavy (non-hydrogen) atoms. The Labute approximate surface area is 180 Å². The fraction of sp³-hybridized carbons (Fsp3) is 0.208. The molecule has 0 unspecified atom stereocenters. The minimum Gasteiger partial charge on any atom is -0.497 e. The van der Waals surface area contributed by atoms with Gasteiger partial charge >= 0.3 is 0 Å². The molecule has 152 valence electrons. The first kappa shape index (κ1) is 20.0. The van der Waals surface area contributed by atoms with Crippen LogP contribution in [0.5, 0.6) is 5.75 Å². The van der Waals surface area contributed by atoms with Crippen LogP contribution in [0, 0.1) is 13.8 Å². The Bertz CT molecular complexity index is 1190. The Kier molecular flexibility index (Phi) is 5.77. The number of hydrogen-bond acceptors (Lipinski definition) is 5. The van der Waals surface area contributed by atoms with Crippen molar-refractivity contribution in [3.05, 3.63) is 83.2 Å². The lowest BCUT2D eigenvalue weighted by molar-refractivity contribution is -0.118. The van der Waals surface area contributed by atoms with Gasteiger partial charge in [0, 0.05) is 12.3 Å². The molecule has 0 aliphatic carbocycles. The van der Waals surface area contributed by atoms with E-state index in [-0.39, 0.29) is 5.91 Å². The van der Waals surface area contributed by atoms with E-state index in [0.717, 1.165) is 38.4 Å². The van der Waals surface area contributed by atoms with Gasteiger partial charge in [0.25, 0.3) is 0 Å². The van der Waals surface area contributed by atoms with Crippen molar-refractivity contribution in [2.75, 3.05) is 12.0 Å². The summed E-state index contributed by atoms with van der Waals surface area (Å²) in [6, 6.07) is 17.7. The molecule has 2 aromatic heterocycles. The molecule has 2 heterocycles. The summed E-state index contributed by atoms with van der Waals surface area (Å²) in [5, 5.41) is 0.666. The van der Waals surface area contributed by atoms with Gasteiger partial charge in [-0.3, -0.25) is 14.7 Å². The number of carbonyl (C=O) groups excluding carboxylic acids is 1. The maximum atomic E-state index is 13.4. The molecule has 5 nitrogen and oxygen atoms in total. The van der Waals surface area contributed by atoms with Crippen LogP contribution >= 0.6 is 11.3 Å². The predicted molar refractivity (Wildman–Crippen MR) is 121 cm³/mol. The van der Waals surface area contributed by atoms with E-state index in [1.807, 2.05) is 50.2 Å². The van der Waals surface area contributed by atoms with E-state index in [9.17, 15) is 4.79 Å². The maximum Gasteiger partial charge on any atom is 0.233 e. The highest BCUT2D eigenvalue weighted by atomic mass is 32.1. The molecule has 2 aromatic carbocycles. The van der Waals surface area contributed by atoms with Gasteiger partial charge in [-0.05, 0) is 49.2 Å². The molecule has 6 heteroatoms. The number of aromatic nitrogens is 2. The van der Waals surface area contributed by atoms with E-state index in [2.05, 4.69) is 23.2 Å². The van der Waals surface area contributed by atoms with Crippen molar-refractivity contribution < 1.29 is 9.53 Å². The van der Waals surface area contributed by atoms with Gasteiger partial charge in [-0.15, -0.1) is 0 Å². The zero-order valence-electron chi connectivity index (χ0n) is 17.3. The number of methoxy groups -OCH3 is 1. The number of thiazole rings is 1. The number of nitrogens with zero attached hydrogens (tertiary/aromatic N) is 3. The molecule has 0 aliphatic heterocycles. The van der Waals surface area contributed by atoms with E-state index in [1.54, 1.807) is 18.2 Å². The van der Waals surface area contributed by atoms with E-state index in [4.69, 9.17) is 9.72 Å². The van der Waals surface area contributed by atoms with Crippen LogP contribution in [0.2, 0.25) is 0 Å². The molecule has 0 spiro atoms. The number of fused-ring (bicyclic) bond motifs is 1. The SMILES string of the molecule is COc1ccc2sc(N(Cc3ccccn3)C(=O)Cc3cc(C)ccc3C)nc2c1. The maximum absolute atomic E-state index is 13.4.